The molecule has 154 valence electrons. The Labute approximate surface area is 175 Å². The Balaban J connectivity index is 1.86. The van der Waals surface area contributed by atoms with Crippen molar-refractivity contribution in [1.82, 2.24) is 9.97 Å². The maximum absolute atomic E-state index is 13.7. The third kappa shape index (κ3) is 4.02. The van der Waals surface area contributed by atoms with E-state index in [9.17, 15) is 23.2 Å². The second-order valence-corrected chi connectivity index (χ2v) is 7.10. The molecule has 7 heteroatoms. The first-order valence-corrected chi connectivity index (χ1v) is 9.43. The van der Waals surface area contributed by atoms with Crippen LogP contribution in [-0.4, -0.2) is 27.3 Å². The number of aromatic amines is 1. The SMILES string of the molecule is CC(=O)c1cccc(C(=O)C(C(=O)c2cc(F)cc(F)c2)c2nc3ccccc3[nH]2)c1. The van der Waals surface area contributed by atoms with Crippen LogP contribution in [0, 0.1) is 11.6 Å². The van der Waals surface area contributed by atoms with E-state index in [2.05, 4.69) is 9.97 Å². The first-order valence-electron chi connectivity index (χ1n) is 9.43. The standard InChI is InChI=1S/C24H16F2N2O3/c1-13(29)14-5-4-6-15(9-14)22(30)21(23(31)16-10-17(25)12-18(26)11-16)24-27-19-7-2-3-8-20(19)28-24/h2-12,21H,1H3,(H,27,28). The molecule has 1 unspecified atom stereocenters. The number of para-hydroxylation sites is 2. The molecule has 0 amide bonds. The number of aromatic nitrogens is 2. The fourth-order valence-corrected chi connectivity index (χ4v) is 3.40. The number of nitrogens with zero attached hydrogens (tertiary/aromatic N) is 1. The molecule has 5 nitrogen and oxygen atoms in total. The minimum atomic E-state index is -1.48. The normalized spacial score (nSPS) is 12.0. The fraction of sp³-hybridized carbons (Fsp3) is 0.0833. The Kier molecular flexibility index (Phi) is 5.25. The molecule has 0 bridgehead atoms. The van der Waals surface area contributed by atoms with E-state index in [1.54, 1.807) is 30.3 Å². The molecule has 0 saturated heterocycles. The quantitative estimate of drug-likeness (QED) is 0.357. The van der Waals surface area contributed by atoms with Gasteiger partial charge >= 0.3 is 0 Å². The van der Waals surface area contributed by atoms with Gasteiger partial charge in [-0.25, -0.2) is 13.8 Å². The summed E-state index contributed by atoms with van der Waals surface area (Å²) in [4.78, 5) is 45.7. The Bertz CT molecular complexity index is 1290. The van der Waals surface area contributed by atoms with E-state index in [0.29, 0.717) is 22.7 Å². The monoisotopic (exact) mass is 418 g/mol. The van der Waals surface area contributed by atoms with Gasteiger partial charge in [-0.3, -0.25) is 14.4 Å². The van der Waals surface area contributed by atoms with Crippen LogP contribution in [0.25, 0.3) is 11.0 Å². The van der Waals surface area contributed by atoms with E-state index in [-0.39, 0.29) is 22.7 Å². The number of Topliss-reactive ketones (excluding diaryl/α,β-unsaturated/α-hetero) is 3. The molecular weight excluding hydrogens is 402 g/mol. The van der Waals surface area contributed by atoms with Crippen molar-refractivity contribution in [2.45, 2.75) is 12.8 Å². The van der Waals surface area contributed by atoms with E-state index in [1.807, 2.05) is 0 Å². The molecule has 0 saturated carbocycles. The van der Waals surface area contributed by atoms with Gasteiger partial charge in [0.1, 0.15) is 23.4 Å². The van der Waals surface area contributed by atoms with Gasteiger partial charge in [0.25, 0.3) is 0 Å². The summed E-state index contributed by atoms with van der Waals surface area (Å²) in [6, 6.07) is 15.3. The highest BCUT2D eigenvalue weighted by Gasteiger charge is 2.33. The zero-order valence-electron chi connectivity index (χ0n) is 16.4. The number of H-pyrrole nitrogens is 1. The predicted octanol–water partition coefficient (Wildman–Crippen LogP) is 4.89. The summed E-state index contributed by atoms with van der Waals surface area (Å²) in [7, 11) is 0. The van der Waals surface area contributed by atoms with E-state index in [1.165, 1.54) is 25.1 Å². The Hall–Kier alpha value is -4.00. The average molecular weight is 418 g/mol. The number of imidazole rings is 1. The van der Waals surface area contributed by atoms with Crippen LogP contribution in [0.2, 0.25) is 0 Å². The lowest BCUT2D eigenvalue weighted by Crippen LogP contribution is -2.24. The molecule has 1 atom stereocenters. The third-order valence-electron chi connectivity index (χ3n) is 4.91. The lowest BCUT2D eigenvalue weighted by atomic mass is 9.88. The average Bonchev–Trinajstić information content (AvgIpc) is 3.16. The first kappa shape index (κ1) is 20.3. The van der Waals surface area contributed by atoms with Gasteiger partial charge in [-0.1, -0.05) is 30.3 Å². The summed E-state index contributed by atoms with van der Waals surface area (Å²) < 4.78 is 27.5. The molecular formula is C24H16F2N2O3. The highest BCUT2D eigenvalue weighted by molar-refractivity contribution is 6.20. The molecule has 0 spiro atoms. The highest BCUT2D eigenvalue weighted by Crippen LogP contribution is 2.27. The van der Waals surface area contributed by atoms with Crippen LogP contribution >= 0.6 is 0 Å². The summed E-state index contributed by atoms with van der Waals surface area (Å²) >= 11 is 0. The van der Waals surface area contributed by atoms with E-state index < -0.39 is 29.1 Å². The van der Waals surface area contributed by atoms with Crippen molar-refractivity contribution in [2.75, 3.05) is 0 Å². The number of halogens is 2. The Morgan fingerprint density at radius 3 is 2.13 bits per heavy atom. The number of benzene rings is 3. The molecule has 0 aliphatic carbocycles. The summed E-state index contributed by atoms with van der Waals surface area (Å²) in [5.74, 6) is -4.98. The summed E-state index contributed by atoms with van der Waals surface area (Å²) in [5.41, 5.74) is 1.26. The zero-order chi connectivity index (χ0) is 22.1. The van der Waals surface area contributed by atoms with Crippen molar-refractivity contribution >= 4 is 28.4 Å². The minimum Gasteiger partial charge on any atom is -0.341 e. The van der Waals surface area contributed by atoms with Gasteiger partial charge < -0.3 is 4.98 Å². The van der Waals surface area contributed by atoms with Crippen molar-refractivity contribution in [1.29, 1.82) is 0 Å². The number of rotatable bonds is 6. The molecule has 0 radical (unpaired) electrons. The fourth-order valence-electron chi connectivity index (χ4n) is 3.40. The van der Waals surface area contributed by atoms with Crippen molar-refractivity contribution in [3.8, 4) is 0 Å². The lowest BCUT2D eigenvalue weighted by Gasteiger charge is -2.14. The molecule has 1 heterocycles. The molecule has 31 heavy (non-hydrogen) atoms. The smallest absolute Gasteiger partial charge is 0.181 e. The predicted molar refractivity (Wildman–Crippen MR) is 110 cm³/mol. The largest absolute Gasteiger partial charge is 0.341 e. The molecule has 1 N–H and O–H groups in total. The second kappa shape index (κ2) is 8.02. The molecule has 0 aliphatic rings. The number of hydrogen-bond acceptors (Lipinski definition) is 4. The molecule has 4 aromatic rings. The van der Waals surface area contributed by atoms with Crippen molar-refractivity contribution in [3.63, 3.8) is 0 Å². The van der Waals surface area contributed by atoms with Crippen LogP contribution < -0.4 is 0 Å². The van der Waals surface area contributed by atoms with E-state index in [0.717, 1.165) is 12.1 Å². The Morgan fingerprint density at radius 2 is 1.45 bits per heavy atom. The van der Waals surface area contributed by atoms with Gasteiger partial charge in [0.15, 0.2) is 17.3 Å². The number of hydrogen-bond donors (Lipinski definition) is 1. The minimum absolute atomic E-state index is 0.0501. The lowest BCUT2D eigenvalue weighted by molar-refractivity contribution is 0.0855. The van der Waals surface area contributed by atoms with Gasteiger partial charge in [-0.15, -0.1) is 0 Å². The maximum Gasteiger partial charge on any atom is 0.181 e. The van der Waals surface area contributed by atoms with Crippen molar-refractivity contribution in [2.24, 2.45) is 0 Å². The van der Waals surface area contributed by atoms with Crippen LogP contribution in [0.4, 0.5) is 8.78 Å². The second-order valence-electron chi connectivity index (χ2n) is 7.10. The van der Waals surface area contributed by atoms with Crippen molar-refractivity contribution < 1.29 is 23.2 Å². The molecule has 0 fully saturated rings. The number of carbonyl (C=O) groups excluding carboxylic acids is 3. The van der Waals surface area contributed by atoms with Crippen molar-refractivity contribution in [3.05, 3.63) is 101 Å². The summed E-state index contributed by atoms with van der Waals surface area (Å²) in [6.07, 6.45) is 0. The van der Waals surface area contributed by atoms with Crippen LogP contribution in [0.3, 0.4) is 0 Å². The number of carbonyl (C=O) groups is 3. The number of ketones is 3. The van der Waals surface area contributed by atoms with Crippen LogP contribution in [-0.2, 0) is 0 Å². The van der Waals surface area contributed by atoms with E-state index in [4.69, 9.17) is 0 Å². The van der Waals surface area contributed by atoms with Crippen LogP contribution in [0.1, 0.15) is 49.7 Å². The number of fused-ring (bicyclic) bond motifs is 1. The zero-order valence-corrected chi connectivity index (χ0v) is 16.4. The topological polar surface area (TPSA) is 79.9 Å². The summed E-state index contributed by atoms with van der Waals surface area (Å²) in [5, 5.41) is 0. The van der Waals surface area contributed by atoms with E-state index >= 15 is 0 Å². The number of nitrogens with one attached hydrogen (secondary N) is 1. The van der Waals surface area contributed by atoms with Crippen LogP contribution in [0.5, 0.6) is 0 Å². The molecule has 4 rings (SSSR count). The van der Waals surface area contributed by atoms with Gasteiger partial charge in [0.2, 0.25) is 0 Å². The first-order chi connectivity index (χ1) is 14.8. The van der Waals surface area contributed by atoms with Gasteiger partial charge in [-0.2, -0.15) is 0 Å². The van der Waals surface area contributed by atoms with Crippen LogP contribution in [0.15, 0.2) is 66.7 Å². The summed E-state index contributed by atoms with van der Waals surface area (Å²) in [6.45, 7) is 1.36. The highest BCUT2D eigenvalue weighted by atomic mass is 19.1. The van der Waals surface area contributed by atoms with Gasteiger partial charge in [0.05, 0.1) is 11.0 Å². The van der Waals surface area contributed by atoms with Gasteiger partial charge in [0, 0.05) is 22.8 Å². The Morgan fingerprint density at radius 1 is 0.806 bits per heavy atom. The molecule has 0 aliphatic heterocycles. The molecule has 3 aromatic carbocycles. The third-order valence-corrected chi connectivity index (χ3v) is 4.91. The molecule has 1 aromatic heterocycles. The van der Waals surface area contributed by atoms with Gasteiger partial charge in [-0.05, 0) is 37.3 Å². The maximum atomic E-state index is 13.7.